The summed E-state index contributed by atoms with van der Waals surface area (Å²) in [5.74, 6) is 1.07. The zero-order chi connectivity index (χ0) is 27.0. The van der Waals surface area contributed by atoms with Crippen LogP contribution in [0.4, 0.5) is 5.69 Å². The molecule has 1 fully saturated rings. The Hall–Kier alpha value is -3.58. The van der Waals surface area contributed by atoms with Gasteiger partial charge in [0.05, 0.1) is 17.9 Å². The summed E-state index contributed by atoms with van der Waals surface area (Å²) in [4.78, 5) is 27.8. The molecular weight excluding hydrogens is 482 g/mol. The molecule has 1 aliphatic carbocycles. The van der Waals surface area contributed by atoms with Gasteiger partial charge in [-0.05, 0) is 94.3 Å². The van der Waals surface area contributed by atoms with Crippen molar-refractivity contribution in [1.29, 1.82) is 0 Å². The minimum absolute atomic E-state index is 0.00352. The van der Waals surface area contributed by atoms with E-state index in [1.807, 2.05) is 57.2 Å². The molecular formula is C31H35NO6. The van der Waals surface area contributed by atoms with Crippen LogP contribution in [-0.2, 0) is 22.7 Å². The Morgan fingerprint density at radius 1 is 0.974 bits per heavy atom. The lowest BCUT2D eigenvalue weighted by Crippen LogP contribution is -2.42. The van der Waals surface area contributed by atoms with E-state index < -0.39 is 5.97 Å². The highest BCUT2D eigenvalue weighted by atomic mass is 16.5. The quantitative estimate of drug-likeness (QED) is 0.261. The van der Waals surface area contributed by atoms with Gasteiger partial charge in [-0.3, -0.25) is 4.79 Å². The lowest BCUT2D eigenvalue weighted by molar-refractivity contribution is -0.123. The zero-order valence-electron chi connectivity index (χ0n) is 22.5. The summed E-state index contributed by atoms with van der Waals surface area (Å²) < 4.78 is 17.5. The largest absolute Gasteiger partial charge is 0.478 e. The minimum Gasteiger partial charge on any atom is -0.478 e. The third-order valence-electron chi connectivity index (χ3n) is 7.57. The van der Waals surface area contributed by atoms with E-state index in [1.165, 1.54) is 0 Å². The molecule has 2 aromatic carbocycles. The second-order valence-corrected chi connectivity index (χ2v) is 10.9. The number of anilines is 1. The van der Waals surface area contributed by atoms with Crippen LogP contribution in [0.3, 0.4) is 0 Å². The van der Waals surface area contributed by atoms with Gasteiger partial charge in [-0.15, -0.1) is 0 Å². The molecule has 38 heavy (non-hydrogen) atoms. The molecule has 4 aromatic rings. The zero-order valence-corrected chi connectivity index (χ0v) is 22.5. The van der Waals surface area contributed by atoms with E-state index in [1.54, 1.807) is 11.0 Å². The number of rotatable bonds is 8. The van der Waals surface area contributed by atoms with Crippen molar-refractivity contribution in [2.24, 2.45) is 11.8 Å². The van der Waals surface area contributed by atoms with E-state index in [0.29, 0.717) is 36.0 Å². The first-order valence-electron chi connectivity index (χ1n) is 13.4. The molecule has 200 valence electrons. The van der Waals surface area contributed by atoms with Gasteiger partial charge in [0.25, 0.3) is 0 Å². The number of carbonyl (C=O) groups excluding carboxylic acids is 1. The summed E-state index contributed by atoms with van der Waals surface area (Å²) in [6.07, 6.45) is 3.71. The van der Waals surface area contributed by atoms with Gasteiger partial charge in [-0.1, -0.05) is 13.0 Å². The summed E-state index contributed by atoms with van der Waals surface area (Å²) in [5.41, 5.74) is 2.58. The molecule has 0 spiro atoms. The molecule has 2 aromatic heterocycles. The molecule has 0 saturated heterocycles. The van der Waals surface area contributed by atoms with Gasteiger partial charge >= 0.3 is 5.97 Å². The highest BCUT2D eigenvalue weighted by Crippen LogP contribution is 2.38. The van der Waals surface area contributed by atoms with Crippen LogP contribution in [0.2, 0.25) is 0 Å². The SMILES string of the molecule is Cc1ccc(COCc2ccc3oc4cc(C(=O)O)c(N(C(=O)C5CCC(C)CC5)C(C)C)cc4c3c2)o1. The summed E-state index contributed by atoms with van der Waals surface area (Å²) in [5, 5.41) is 11.7. The summed E-state index contributed by atoms with van der Waals surface area (Å²) in [7, 11) is 0. The number of benzene rings is 2. The number of hydrogen-bond donors (Lipinski definition) is 1. The number of amides is 1. The van der Waals surface area contributed by atoms with E-state index in [-0.39, 0.29) is 23.4 Å². The predicted molar refractivity (Wildman–Crippen MR) is 146 cm³/mol. The van der Waals surface area contributed by atoms with Crippen molar-refractivity contribution in [2.45, 2.75) is 72.6 Å². The van der Waals surface area contributed by atoms with Crippen molar-refractivity contribution in [2.75, 3.05) is 4.90 Å². The van der Waals surface area contributed by atoms with E-state index in [4.69, 9.17) is 13.6 Å². The van der Waals surface area contributed by atoms with Crippen molar-refractivity contribution in [1.82, 2.24) is 0 Å². The van der Waals surface area contributed by atoms with Crippen LogP contribution in [0.1, 0.15) is 73.9 Å². The average molecular weight is 518 g/mol. The van der Waals surface area contributed by atoms with Gasteiger partial charge in [0.2, 0.25) is 5.91 Å². The molecule has 7 heteroatoms. The van der Waals surface area contributed by atoms with Gasteiger partial charge in [0.15, 0.2) is 0 Å². The predicted octanol–water partition coefficient (Wildman–Crippen LogP) is 7.47. The fourth-order valence-corrected chi connectivity index (χ4v) is 5.51. The first-order chi connectivity index (χ1) is 18.2. The van der Waals surface area contributed by atoms with Crippen molar-refractivity contribution in [3.63, 3.8) is 0 Å². The second kappa shape index (κ2) is 10.7. The number of nitrogens with zero attached hydrogens (tertiary/aromatic N) is 1. The topological polar surface area (TPSA) is 93.1 Å². The first kappa shape index (κ1) is 26.0. The van der Waals surface area contributed by atoms with E-state index in [0.717, 1.165) is 53.5 Å². The van der Waals surface area contributed by atoms with E-state index in [9.17, 15) is 14.7 Å². The van der Waals surface area contributed by atoms with Crippen molar-refractivity contribution >= 4 is 39.5 Å². The molecule has 0 aliphatic heterocycles. The summed E-state index contributed by atoms with van der Waals surface area (Å²) in [6, 6.07) is 12.8. The number of fused-ring (bicyclic) bond motifs is 3. The molecule has 0 unspecified atom stereocenters. The number of hydrogen-bond acceptors (Lipinski definition) is 5. The lowest BCUT2D eigenvalue weighted by atomic mass is 9.82. The maximum absolute atomic E-state index is 13.7. The molecule has 0 bridgehead atoms. The highest BCUT2D eigenvalue weighted by Gasteiger charge is 2.33. The van der Waals surface area contributed by atoms with E-state index in [2.05, 4.69) is 6.92 Å². The molecule has 1 amide bonds. The maximum atomic E-state index is 13.7. The molecule has 5 rings (SSSR count). The van der Waals surface area contributed by atoms with Crippen LogP contribution < -0.4 is 4.90 Å². The number of carboxylic acids is 1. The Kier molecular flexibility index (Phi) is 7.30. The van der Waals surface area contributed by atoms with E-state index >= 15 is 0 Å². The fraction of sp³-hybridized carbons (Fsp3) is 0.419. The Labute approximate surface area is 222 Å². The number of aromatic carboxylic acids is 1. The van der Waals surface area contributed by atoms with Gasteiger partial charge in [0, 0.05) is 22.7 Å². The van der Waals surface area contributed by atoms with Crippen LogP contribution >= 0.6 is 0 Å². The van der Waals surface area contributed by atoms with Crippen LogP contribution in [0.15, 0.2) is 51.3 Å². The number of furan rings is 2. The van der Waals surface area contributed by atoms with Crippen LogP contribution in [-0.4, -0.2) is 23.0 Å². The minimum atomic E-state index is -1.08. The molecule has 0 radical (unpaired) electrons. The van der Waals surface area contributed by atoms with Crippen LogP contribution in [0, 0.1) is 18.8 Å². The molecule has 7 nitrogen and oxygen atoms in total. The van der Waals surface area contributed by atoms with Gasteiger partial charge in [0.1, 0.15) is 29.3 Å². The molecule has 2 heterocycles. The Morgan fingerprint density at radius 2 is 1.71 bits per heavy atom. The van der Waals surface area contributed by atoms with Gasteiger partial charge < -0.3 is 23.6 Å². The van der Waals surface area contributed by atoms with Crippen molar-refractivity contribution in [3.8, 4) is 0 Å². The number of carbonyl (C=O) groups is 2. The maximum Gasteiger partial charge on any atom is 0.337 e. The van der Waals surface area contributed by atoms with Crippen molar-refractivity contribution in [3.05, 3.63) is 65.1 Å². The smallest absolute Gasteiger partial charge is 0.337 e. The third kappa shape index (κ3) is 5.20. The first-order valence-corrected chi connectivity index (χ1v) is 13.4. The fourth-order valence-electron chi connectivity index (χ4n) is 5.51. The third-order valence-corrected chi connectivity index (χ3v) is 7.57. The van der Waals surface area contributed by atoms with Gasteiger partial charge in [-0.25, -0.2) is 4.79 Å². The van der Waals surface area contributed by atoms with Crippen molar-refractivity contribution < 1.29 is 28.3 Å². The number of carboxylic acid groups (broad SMARTS) is 1. The monoisotopic (exact) mass is 517 g/mol. The van der Waals surface area contributed by atoms with Crippen LogP contribution in [0.25, 0.3) is 21.9 Å². The van der Waals surface area contributed by atoms with Gasteiger partial charge in [-0.2, -0.15) is 0 Å². The lowest BCUT2D eigenvalue weighted by Gasteiger charge is -2.34. The molecule has 0 atom stereocenters. The molecule has 1 aliphatic rings. The number of ether oxygens (including phenoxy) is 1. The highest BCUT2D eigenvalue weighted by molar-refractivity contribution is 6.12. The normalized spacial score (nSPS) is 17.9. The average Bonchev–Trinajstić information content (AvgIpc) is 3.46. The van der Waals surface area contributed by atoms with Crippen LogP contribution in [0.5, 0.6) is 0 Å². The molecule has 1 N–H and O–H groups in total. The Bertz CT molecular complexity index is 1470. The second-order valence-electron chi connectivity index (χ2n) is 10.9. The summed E-state index contributed by atoms with van der Waals surface area (Å²) >= 11 is 0. The Morgan fingerprint density at radius 3 is 2.37 bits per heavy atom. The molecule has 1 saturated carbocycles. The summed E-state index contributed by atoms with van der Waals surface area (Å²) in [6.45, 7) is 8.74. The standard InChI is InChI=1S/C31H35NO6/c1-18(2)32(30(33)22-9-5-19(3)6-10-22)27-14-25-24-13-21(16-36-17-23-11-7-20(4)37-23)8-12-28(24)38-29(25)15-26(27)31(34)35/h7-8,11-15,18-19,22H,5-6,9-10,16-17H2,1-4H3,(H,34,35). The Balaban J connectivity index is 1.50. The number of aryl methyl sites for hydroxylation is 1.